The first kappa shape index (κ1) is 22.0. The molecule has 2 N–H and O–H groups in total. The summed E-state index contributed by atoms with van der Waals surface area (Å²) >= 11 is 16.7. The van der Waals surface area contributed by atoms with E-state index in [1.54, 1.807) is 13.8 Å². The summed E-state index contributed by atoms with van der Waals surface area (Å²) in [6.07, 6.45) is 0. The Kier molecular flexibility index (Phi) is 7.09. The zero-order chi connectivity index (χ0) is 19.9. The number of hydrogen-bond acceptors (Lipinski definition) is 5. The van der Waals surface area contributed by atoms with Crippen molar-refractivity contribution in [2.75, 3.05) is 7.11 Å². The zero-order valence-corrected chi connectivity index (χ0v) is 21.4. The molecule has 0 aliphatic heterocycles. The van der Waals surface area contributed by atoms with E-state index in [2.05, 4.69) is 79.6 Å². The summed E-state index contributed by atoms with van der Waals surface area (Å²) in [6, 6.07) is 0. The third kappa shape index (κ3) is 3.67. The topological polar surface area (TPSA) is 76.0 Å². The molecule has 0 fully saturated rings. The van der Waals surface area contributed by atoms with Crippen LogP contribution in [0.3, 0.4) is 0 Å². The number of carbonyl (C=O) groups excluding carboxylic acids is 1. The van der Waals surface area contributed by atoms with E-state index < -0.39 is 5.97 Å². The van der Waals surface area contributed by atoms with Crippen molar-refractivity contribution >= 4 is 85.6 Å². The fourth-order valence-corrected chi connectivity index (χ4v) is 5.52. The van der Waals surface area contributed by atoms with Crippen LogP contribution in [-0.2, 0) is 4.74 Å². The molecule has 2 aromatic rings. The van der Waals surface area contributed by atoms with Crippen molar-refractivity contribution in [2.45, 2.75) is 13.8 Å². The molecule has 26 heavy (non-hydrogen) atoms. The van der Waals surface area contributed by atoms with Gasteiger partial charge in [-0.15, -0.1) is 0 Å². The van der Waals surface area contributed by atoms with Crippen LogP contribution in [0.2, 0.25) is 0 Å². The van der Waals surface area contributed by atoms with Gasteiger partial charge in [0.2, 0.25) is 0 Å². The van der Waals surface area contributed by atoms with Crippen LogP contribution in [-0.4, -0.2) is 23.3 Å². The van der Waals surface area contributed by atoms with Crippen molar-refractivity contribution in [3.8, 4) is 23.0 Å². The minimum Gasteiger partial charge on any atom is -0.506 e. The number of methoxy groups -OCH3 is 1. The van der Waals surface area contributed by atoms with Crippen LogP contribution in [0.15, 0.2) is 22.4 Å². The number of carbonyl (C=O) groups is 1. The van der Waals surface area contributed by atoms with Gasteiger partial charge in [-0.1, -0.05) is 0 Å². The number of rotatable bonds is 3. The maximum Gasteiger partial charge on any atom is 0.341 e. The van der Waals surface area contributed by atoms with Gasteiger partial charge >= 0.3 is 5.97 Å². The van der Waals surface area contributed by atoms with Crippen molar-refractivity contribution < 1.29 is 24.5 Å². The monoisotopic (exact) mass is 678 g/mol. The Morgan fingerprint density at radius 1 is 0.769 bits per heavy atom. The van der Waals surface area contributed by atoms with Crippen molar-refractivity contribution in [1.82, 2.24) is 0 Å². The summed E-state index contributed by atoms with van der Waals surface area (Å²) in [7, 11) is 1.23. The van der Waals surface area contributed by atoms with Gasteiger partial charge in [0.05, 0.1) is 20.5 Å². The van der Waals surface area contributed by atoms with Crippen LogP contribution >= 0.6 is 79.6 Å². The van der Waals surface area contributed by atoms with Crippen molar-refractivity contribution in [3.63, 3.8) is 0 Å². The number of halogens is 5. The highest BCUT2D eigenvalue weighted by Crippen LogP contribution is 2.52. The third-order valence-corrected chi connectivity index (χ3v) is 7.97. The smallest absolute Gasteiger partial charge is 0.341 e. The van der Waals surface area contributed by atoms with Gasteiger partial charge in [0.15, 0.2) is 11.5 Å². The second-order valence-electron chi connectivity index (χ2n) is 5.14. The van der Waals surface area contributed by atoms with Crippen LogP contribution < -0.4 is 4.74 Å². The molecule has 0 amide bonds. The summed E-state index contributed by atoms with van der Waals surface area (Å²) in [6.45, 7) is 3.43. The highest BCUT2D eigenvalue weighted by atomic mass is 79.9. The average molecular weight is 683 g/mol. The molecule has 0 saturated carbocycles. The first-order valence-corrected chi connectivity index (χ1v) is 10.8. The van der Waals surface area contributed by atoms with E-state index >= 15 is 0 Å². The molecule has 2 aromatic carbocycles. The first-order chi connectivity index (χ1) is 12.0. The minimum absolute atomic E-state index is 0.0200. The van der Waals surface area contributed by atoms with E-state index in [-0.39, 0.29) is 27.3 Å². The lowest BCUT2D eigenvalue weighted by Gasteiger charge is -2.19. The molecule has 0 heterocycles. The largest absolute Gasteiger partial charge is 0.506 e. The SMILES string of the molecule is COC(=O)c1c(C)c(Br)c(Oc2c(Br)c(C)c(Br)c(O)c2Br)c(Br)c1O. The van der Waals surface area contributed by atoms with Gasteiger partial charge in [0.25, 0.3) is 0 Å². The Morgan fingerprint density at radius 2 is 1.23 bits per heavy atom. The molecule has 140 valence electrons. The summed E-state index contributed by atoms with van der Waals surface area (Å²) < 4.78 is 12.7. The third-order valence-electron chi connectivity index (χ3n) is 3.61. The number of ether oxygens (including phenoxy) is 2. The van der Waals surface area contributed by atoms with Gasteiger partial charge in [-0.3, -0.25) is 0 Å². The standard InChI is InChI=1S/C16H11Br5O5/c1-4-6(16(24)25-3)12(22)10(20)14(8(4)18)26-15-9(19)5(2)7(17)13(23)11(15)21/h22-23H,1-3H3. The molecule has 2 rings (SSSR count). The molecule has 0 saturated heterocycles. The summed E-state index contributed by atoms with van der Waals surface area (Å²) in [5, 5.41) is 20.7. The lowest BCUT2D eigenvalue weighted by atomic mass is 10.1. The van der Waals surface area contributed by atoms with Gasteiger partial charge in [-0.2, -0.15) is 0 Å². The first-order valence-electron chi connectivity index (χ1n) is 6.87. The van der Waals surface area contributed by atoms with Gasteiger partial charge in [-0.05, 0) is 105 Å². The van der Waals surface area contributed by atoms with E-state index in [0.29, 0.717) is 29.2 Å². The number of phenolic OH excluding ortho intramolecular Hbond substituents is 2. The predicted octanol–water partition coefficient (Wildman–Crippen LogP) is 7.11. The molecular formula is C16H11Br5O5. The zero-order valence-electron chi connectivity index (χ0n) is 13.5. The maximum absolute atomic E-state index is 11.9. The highest BCUT2D eigenvalue weighted by molar-refractivity contribution is 9.12. The predicted molar refractivity (Wildman–Crippen MR) is 116 cm³/mol. The number of phenols is 2. The Bertz CT molecular complexity index is 868. The average Bonchev–Trinajstić information content (AvgIpc) is 2.62. The van der Waals surface area contributed by atoms with E-state index in [9.17, 15) is 15.0 Å². The van der Waals surface area contributed by atoms with E-state index in [1.807, 2.05) is 0 Å². The molecule has 0 spiro atoms. The van der Waals surface area contributed by atoms with Crippen LogP contribution in [0.5, 0.6) is 23.0 Å². The Hall–Kier alpha value is -0.290. The second kappa shape index (κ2) is 8.38. The van der Waals surface area contributed by atoms with E-state index in [4.69, 9.17) is 9.47 Å². The molecule has 0 bridgehead atoms. The van der Waals surface area contributed by atoms with E-state index in [1.165, 1.54) is 7.11 Å². The van der Waals surface area contributed by atoms with Crippen molar-refractivity contribution in [3.05, 3.63) is 39.1 Å². The maximum atomic E-state index is 11.9. The molecule has 0 radical (unpaired) electrons. The molecule has 10 heteroatoms. The number of aromatic hydroxyl groups is 2. The van der Waals surface area contributed by atoms with E-state index in [0.717, 1.165) is 5.56 Å². The molecule has 0 aliphatic carbocycles. The Morgan fingerprint density at radius 3 is 1.73 bits per heavy atom. The molecule has 0 atom stereocenters. The van der Waals surface area contributed by atoms with Crippen LogP contribution in [0.1, 0.15) is 21.5 Å². The summed E-state index contributed by atoms with van der Waals surface area (Å²) in [4.78, 5) is 11.9. The quantitative estimate of drug-likeness (QED) is 0.338. The lowest BCUT2D eigenvalue weighted by molar-refractivity contribution is 0.0596. The van der Waals surface area contributed by atoms with Gasteiger partial charge in [0, 0.05) is 0 Å². The van der Waals surface area contributed by atoms with Gasteiger partial charge in [-0.25, -0.2) is 4.79 Å². The van der Waals surface area contributed by atoms with Crippen LogP contribution in [0, 0.1) is 13.8 Å². The number of esters is 1. The fraction of sp³-hybridized carbons (Fsp3) is 0.188. The van der Waals surface area contributed by atoms with Crippen LogP contribution in [0.4, 0.5) is 0 Å². The van der Waals surface area contributed by atoms with Gasteiger partial charge < -0.3 is 19.7 Å². The summed E-state index contributed by atoms with van der Waals surface area (Å²) in [5.74, 6) is -0.477. The van der Waals surface area contributed by atoms with Crippen LogP contribution in [0.25, 0.3) is 0 Å². The highest BCUT2D eigenvalue weighted by Gasteiger charge is 2.27. The second-order valence-corrected chi connectivity index (χ2v) is 9.11. The fourth-order valence-electron chi connectivity index (χ4n) is 2.15. The molecular weight excluding hydrogens is 672 g/mol. The van der Waals surface area contributed by atoms with Crippen molar-refractivity contribution in [1.29, 1.82) is 0 Å². The number of hydrogen-bond donors (Lipinski definition) is 2. The summed E-state index contributed by atoms with van der Waals surface area (Å²) in [5.41, 5.74) is 1.18. The lowest BCUT2D eigenvalue weighted by Crippen LogP contribution is -2.06. The molecule has 0 aromatic heterocycles. The minimum atomic E-state index is -0.674. The van der Waals surface area contributed by atoms with Crippen molar-refractivity contribution in [2.24, 2.45) is 0 Å². The normalized spacial score (nSPS) is 10.8. The molecule has 0 aliphatic rings. The molecule has 5 nitrogen and oxygen atoms in total. The number of benzene rings is 2. The Balaban J connectivity index is 2.72. The molecule has 0 unspecified atom stereocenters. The van der Waals surface area contributed by atoms with Gasteiger partial charge in [0.1, 0.15) is 26.0 Å². The Labute approximate surface area is 191 Å².